The van der Waals surface area contributed by atoms with E-state index < -0.39 is 79.1 Å². The Bertz CT molecular complexity index is 1220. The third-order valence-electron chi connectivity index (χ3n) is 7.83. The summed E-state index contributed by atoms with van der Waals surface area (Å²) in [5.74, 6) is -2.06. The van der Waals surface area contributed by atoms with E-state index in [1.165, 1.54) is 0 Å². The third kappa shape index (κ3) is 28.0. The number of primary amides is 1. The number of hydrogen-bond acceptors (Lipinski definition) is 11. The summed E-state index contributed by atoms with van der Waals surface area (Å²) >= 11 is 0. The molecule has 0 saturated carbocycles. The minimum absolute atomic E-state index is 0.107. The van der Waals surface area contributed by atoms with Gasteiger partial charge >= 0.3 is 18.2 Å². The van der Waals surface area contributed by atoms with Gasteiger partial charge in [0.05, 0.1) is 32.0 Å². The fraction of sp³-hybridized carbons (Fsp3) is 0.838. The van der Waals surface area contributed by atoms with Crippen molar-refractivity contribution in [3.63, 3.8) is 0 Å². The van der Waals surface area contributed by atoms with E-state index >= 15 is 0 Å². The molecule has 0 aliphatic heterocycles. The van der Waals surface area contributed by atoms with Crippen molar-refractivity contribution in [1.29, 1.82) is 0 Å². The van der Waals surface area contributed by atoms with Crippen molar-refractivity contribution in [1.82, 2.24) is 31.9 Å². The summed E-state index contributed by atoms with van der Waals surface area (Å²) in [5.41, 5.74) is 3.11. The van der Waals surface area contributed by atoms with Gasteiger partial charge in [0.1, 0.15) is 23.3 Å². The Labute approximate surface area is 335 Å². The number of ether oxygens (including phenoxy) is 3. The highest BCUT2D eigenvalue weighted by atomic mass is 31.2. The molecule has 19 heteroatoms. The molecule has 8 N–H and O–H groups in total. The molecule has 18 nitrogen and oxygen atoms in total. The molecule has 0 aromatic carbocycles. The van der Waals surface area contributed by atoms with Crippen molar-refractivity contribution in [2.45, 2.75) is 143 Å². The number of nitrogens with two attached hydrogens (primary N) is 1. The molecule has 0 heterocycles. The predicted molar refractivity (Wildman–Crippen MR) is 215 cm³/mol. The first-order valence-corrected chi connectivity index (χ1v) is 21.1. The Morgan fingerprint density at radius 3 is 1.91 bits per heavy atom. The Kier molecular flexibility index (Phi) is 25.5. The van der Waals surface area contributed by atoms with Crippen LogP contribution in [0.4, 0.5) is 14.4 Å². The van der Waals surface area contributed by atoms with E-state index in [2.05, 4.69) is 31.9 Å². The number of nitrogens with one attached hydrogen (secondary N) is 6. The molecule has 0 aliphatic carbocycles. The van der Waals surface area contributed by atoms with Gasteiger partial charge in [-0.25, -0.2) is 14.4 Å². The highest BCUT2D eigenvalue weighted by Gasteiger charge is 2.32. The van der Waals surface area contributed by atoms with Crippen LogP contribution in [-0.2, 0) is 37.6 Å². The molecule has 7 amide bonds. The molecular weight excluding hydrogens is 749 g/mol. The van der Waals surface area contributed by atoms with Crippen molar-refractivity contribution in [3.8, 4) is 0 Å². The zero-order valence-electron chi connectivity index (χ0n) is 35.6. The standard InChI is InChI=1S/C37H72N7O11P/c1-12-22-52-56(11)53-23-15-21-39-28(45)25-42-30(46)27(16-13-19-40-32(38)48)43-31(47)29(26(2)3)44-34(50)55-37(9,10)18-24-51-36(7,8)17-14-20-41-33(49)54-35(4,5)6/h26-27,29H,12-25H2,1-11H3,(H,39,45)(H,41,49)(H,42,46)(H,43,47)(H,44,50)(H3,38,40,48). The van der Waals surface area contributed by atoms with Crippen molar-refractivity contribution < 1.29 is 52.0 Å². The van der Waals surface area contributed by atoms with E-state index in [0.29, 0.717) is 52.0 Å². The number of amides is 7. The monoisotopic (exact) mass is 822 g/mol. The minimum atomic E-state index is -1.09. The van der Waals surface area contributed by atoms with E-state index in [1.807, 2.05) is 27.4 Å². The predicted octanol–water partition coefficient (Wildman–Crippen LogP) is 3.95. The molecule has 0 aliphatic rings. The third-order valence-corrected chi connectivity index (χ3v) is 8.92. The molecule has 0 fully saturated rings. The first-order valence-electron chi connectivity index (χ1n) is 19.4. The van der Waals surface area contributed by atoms with Crippen LogP contribution in [0.3, 0.4) is 0 Å². The fourth-order valence-electron chi connectivity index (χ4n) is 4.81. The van der Waals surface area contributed by atoms with Gasteiger partial charge in [0.15, 0.2) is 8.38 Å². The average molecular weight is 822 g/mol. The maximum atomic E-state index is 13.5. The van der Waals surface area contributed by atoms with Crippen LogP contribution in [0.1, 0.15) is 114 Å². The van der Waals surface area contributed by atoms with Crippen molar-refractivity contribution in [3.05, 3.63) is 0 Å². The van der Waals surface area contributed by atoms with E-state index in [-0.39, 0.29) is 32.5 Å². The van der Waals surface area contributed by atoms with E-state index in [4.69, 9.17) is 29.0 Å². The van der Waals surface area contributed by atoms with Crippen LogP contribution in [0.25, 0.3) is 0 Å². The van der Waals surface area contributed by atoms with E-state index in [9.17, 15) is 28.8 Å². The van der Waals surface area contributed by atoms with Gasteiger partial charge in [0.2, 0.25) is 17.7 Å². The summed E-state index contributed by atoms with van der Waals surface area (Å²) in [6.07, 6.45) is 2.23. The first kappa shape index (κ1) is 52.5. The highest BCUT2D eigenvalue weighted by Crippen LogP contribution is 2.33. The Balaban J connectivity index is 5.10. The van der Waals surface area contributed by atoms with Crippen LogP contribution >= 0.6 is 8.38 Å². The fourth-order valence-corrected chi connectivity index (χ4v) is 5.71. The lowest BCUT2D eigenvalue weighted by Gasteiger charge is -2.31. The van der Waals surface area contributed by atoms with Crippen molar-refractivity contribution in [2.24, 2.45) is 11.7 Å². The molecule has 3 atom stereocenters. The second kappa shape index (κ2) is 27.2. The van der Waals surface area contributed by atoms with Gasteiger partial charge in [0, 0.05) is 32.7 Å². The molecule has 0 rings (SSSR count). The SMILES string of the molecule is CCCOP(C)OCCCNC(=O)CNC(=O)C(CCCNC(N)=O)NC(=O)C(NC(=O)OC(C)(C)CCOC(C)(C)CCCNC(=O)OC(C)(C)C)C(C)C. The summed E-state index contributed by atoms with van der Waals surface area (Å²) in [6, 6.07) is -2.88. The number of carbonyl (C=O) groups is 6. The van der Waals surface area contributed by atoms with Crippen molar-refractivity contribution >= 4 is 44.3 Å². The van der Waals surface area contributed by atoms with Crippen LogP contribution in [0.5, 0.6) is 0 Å². The molecular formula is C37H72N7O11P. The highest BCUT2D eigenvalue weighted by molar-refractivity contribution is 7.46. The summed E-state index contributed by atoms with van der Waals surface area (Å²) in [5, 5.41) is 15.7. The largest absolute Gasteiger partial charge is 0.444 e. The molecule has 0 bridgehead atoms. The number of urea groups is 1. The van der Waals surface area contributed by atoms with Gasteiger partial charge in [-0.3, -0.25) is 14.4 Å². The molecule has 0 radical (unpaired) electrons. The van der Waals surface area contributed by atoms with Crippen molar-refractivity contribution in [2.75, 3.05) is 52.7 Å². The molecule has 0 aromatic heterocycles. The second-order valence-electron chi connectivity index (χ2n) is 15.9. The van der Waals surface area contributed by atoms with Crippen LogP contribution in [-0.4, -0.2) is 117 Å². The van der Waals surface area contributed by atoms with Gasteiger partial charge in [0.25, 0.3) is 0 Å². The smallest absolute Gasteiger partial charge is 0.408 e. The van der Waals surface area contributed by atoms with E-state index in [0.717, 1.165) is 6.42 Å². The summed E-state index contributed by atoms with van der Waals surface area (Å²) in [6.45, 7) is 22.0. The summed E-state index contributed by atoms with van der Waals surface area (Å²) < 4.78 is 28.1. The zero-order chi connectivity index (χ0) is 43.0. The minimum Gasteiger partial charge on any atom is -0.444 e. The van der Waals surface area contributed by atoms with Gasteiger partial charge in [-0.15, -0.1) is 0 Å². The van der Waals surface area contributed by atoms with Gasteiger partial charge in [-0.1, -0.05) is 20.8 Å². The van der Waals surface area contributed by atoms with Crippen LogP contribution in [0.15, 0.2) is 0 Å². The summed E-state index contributed by atoms with van der Waals surface area (Å²) in [4.78, 5) is 75.1. The van der Waals surface area contributed by atoms with Crippen LogP contribution in [0, 0.1) is 5.92 Å². The molecule has 56 heavy (non-hydrogen) atoms. The topological polar surface area (TPSA) is 247 Å². The number of rotatable bonds is 28. The Morgan fingerprint density at radius 2 is 1.30 bits per heavy atom. The second-order valence-corrected chi connectivity index (χ2v) is 17.3. The Morgan fingerprint density at radius 1 is 0.679 bits per heavy atom. The lowest BCUT2D eigenvalue weighted by molar-refractivity contribution is -0.131. The van der Waals surface area contributed by atoms with Gasteiger partial charge < -0.3 is 60.9 Å². The molecule has 0 aromatic rings. The lowest BCUT2D eigenvalue weighted by Crippen LogP contribution is -2.56. The Hall–Kier alpha value is -3.47. The number of alkyl carbamates (subject to hydrolysis) is 2. The number of hydrogen-bond donors (Lipinski definition) is 7. The van der Waals surface area contributed by atoms with E-state index in [1.54, 1.807) is 48.5 Å². The van der Waals surface area contributed by atoms with Crippen LogP contribution < -0.4 is 37.6 Å². The first-order chi connectivity index (χ1) is 26.0. The quantitative estimate of drug-likeness (QED) is 0.0440. The summed E-state index contributed by atoms with van der Waals surface area (Å²) in [7, 11) is -0.972. The average Bonchev–Trinajstić information content (AvgIpc) is 3.06. The van der Waals surface area contributed by atoms with Gasteiger partial charge in [-0.2, -0.15) is 0 Å². The molecule has 0 saturated heterocycles. The molecule has 0 spiro atoms. The van der Waals surface area contributed by atoms with Crippen LogP contribution in [0.2, 0.25) is 0 Å². The maximum Gasteiger partial charge on any atom is 0.408 e. The normalized spacial score (nSPS) is 13.5. The maximum absolute atomic E-state index is 13.5. The lowest BCUT2D eigenvalue weighted by atomic mass is 10.0. The number of carbonyl (C=O) groups excluding carboxylic acids is 6. The van der Waals surface area contributed by atoms with Gasteiger partial charge in [-0.05, 0) is 92.9 Å². The molecule has 3 unspecified atom stereocenters. The molecule has 326 valence electrons. The zero-order valence-corrected chi connectivity index (χ0v) is 36.5.